The third kappa shape index (κ3) is 3.15. The van der Waals surface area contributed by atoms with E-state index in [0.29, 0.717) is 5.95 Å². The van der Waals surface area contributed by atoms with Gasteiger partial charge >= 0.3 is 0 Å². The first-order chi connectivity index (χ1) is 8.19. The third-order valence-corrected chi connectivity index (χ3v) is 3.68. The van der Waals surface area contributed by atoms with E-state index in [1.807, 2.05) is 0 Å². The minimum absolute atomic E-state index is 0.387. The van der Waals surface area contributed by atoms with E-state index in [4.69, 9.17) is 5.84 Å². The molecule has 0 fully saturated rings. The largest absolute Gasteiger partial charge is 0.364 e. The summed E-state index contributed by atoms with van der Waals surface area (Å²) >= 11 is 5.15. The molecule has 7 heteroatoms. The third-order valence-electron chi connectivity index (χ3n) is 2.10. The van der Waals surface area contributed by atoms with E-state index < -0.39 is 0 Å². The number of anilines is 2. The molecular weight excluding hydrogens is 302 g/mol. The maximum absolute atomic E-state index is 5.26. The lowest BCUT2D eigenvalue weighted by Crippen LogP contribution is -2.12. The molecule has 0 aliphatic rings. The first kappa shape index (κ1) is 12.3. The van der Waals surface area contributed by atoms with E-state index in [1.165, 1.54) is 9.75 Å². The van der Waals surface area contributed by atoms with Crippen molar-refractivity contribution < 1.29 is 0 Å². The molecule has 4 N–H and O–H groups in total. The Balaban J connectivity index is 2.07. The molecule has 0 radical (unpaired) electrons. The number of thiophene rings is 1. The highest BCUT2D eigenvalue weighted by atomic mass is 79.9. The molecule has 0 aliphatic carbocycles. The lowest BCUT2D eigenvalue weighted by Gasteiger charge is -2.07. The monoisotopic (exact) mass is 313 g/mol. The van der Waals surface area contributed by atoms with Crippen LogP contribution in [-0.2, 0) is 6.54 Å². The van der Waals surface area contributed by atoms with Crippen molar-refractivity contribution in [3.63, 3.8) is 0 Å². The second kappa shape index (κ2) is 5.44. The number of hydrogen-bond donors (Lipinski definition) is 3. The molecule has 2 rings (SSSR count). The van der Waals surface area contributed by atoms with E-state index in [0.717, 1.165) is 16.8 Å². The Morgan fingerprint density at radius 2 is 2.29 bits per heavy atom. The van der Waals surface area contributed by atoms with Crippen molar-refractivity contribution in [2.45, 2.75) is 13.5 Å². The second-order valence-corrected chi connectivity index (χ2v) is 5.63. The summed E-state index contributed by atoms with van der Waals surface area (Å²) < 4.78 is 0.810. The molecule has 2 heterocycles. The Kier molecular flexibility index (Phi) is 3.93. The zero-order chi connectivity index (χ0) is 12.3. The molecule has 0 aromatic carbocycles. The maximum atomic E-state index is 5.26. The van der Waals surface area contributed by atoms with Crippen LogP contribution in [0.15, 0.2) is 22.8 Å². The van der Waals surface area contributed by atoms with Gasteiger partial charge in [-0.2, -0.15) is 4.98 Å². The average molecular weight is 314 g/mol. The highest BCUT2D eigenvalue weighted by Gasteiger charge is 2.04. The summed E-state index contributed by atoms with van der Waals surface area (Å²) in [6, 6.07) is 4.20. The van der Waals surface area contributed by atoms with Gasteiger partial charge in [0.15, 0.2) is 0 Å². The summed E-state index contributed by atoms with van der Waals surface area (Å²) in [5.74, 6) is 6.37. The van der Waals surface area contributed by atoms with Gasteiger partial charge in [0.05, 0.1) is 11.0 Å². The van der Waals surface area contributed by atoms with E-state index in [9.17, 15) is 0 Å². The molecule has 0 atom stereocenters. The molecular formula is C10H12BrN5S. The van der Waals surface area contributed by atoms with Crippen LogP contribution in [0.2, 0.25) is 0 Å². The summed E-state index contributed by atoms with van der Waals surface area (Å²) in [6.45, 7) is 2.82. The maximum Gasteiger partial charge on any atom is 0.239 e. The van der Waals surface area contributed by atoms with Gasteiger partial charge in [-0.3, -0.25) is 5.43 Å². The minimum Gasteiger partial charge on any atom is -0.364 e. The molecule has 0 saturated heterocycles. The zero-order valence-corrected chi connectivity index (χ0v) is 11.6. The van der Waals surface area contributed by atoms with Crippen LogP contribution in [0.1, 0.15) is 9.75 Å². The number of nitrogens with one attached hydrogen (secondary N) is 2. The fraction of sp³-hybridized carbons (Fsp3) is 0.200. The second-order valence-electron chi connectivity index (χ2n) is 3.40. The number of rotatable bonds is 4. The van der Waals surface area contributed by atoms with Crippen molar-refractivity contribution in [2.75, 3.05) is 10.7 Å². The summed E-state index contributed by atoms with van der Waals surface area (Å²) in [5, 5.41) is 3.23. The van der Waals surface area contributed by atoms with Crippen molar-refractivity contribution in [3.05, 3.63) is 32.6 Å². The fourth-order valence-corrected chi connectivity index (χ4v) is 2.47. The van der Waals surface area contributed by atoms with Gasteiger partial charge in [-0.1, -0.05) is 0 Å². The number of hydrazine groups is 1. The molecule has 17 heavy (non-hydrogen) atoms. The predicted molar refractivity (Wildman–Crippen MR) is 73.9 cm³/mol. The fourth-order valence-electron chi connectivity index (χ4n) is 1.31. The highest BCUT2D eigenvalue weighted by Crippen LogP contribution is 2.22. The number of nitrogen functional groups attached to an aromatic ring is 1. The van der Waals surface area contributed by atoms with Crippen molar-refractivity contribution in [2.24, 2.45) is 5.84 Å². The normalized spacial score (nSPS) is 10.3. The van der Waals surface area contributed by atoms with E-state index in [1.54, 1.807) is 17.5 Å². The summed E-state index contributed by atoms with van der Waals surface area (Å²) in [5.41, 5.74) is 2.42. The number of aromatic nitrogens is 2. The number of hydrogen-bond acceptors (Lipinski definition) is 6. The average Bonchev–Trinajstić information content (AvgIpc) is 2.74. The van der Waals surface area contributed by atoms with Crippen molar-refractivity contribution in [3.8, 4) is 0 Å². The van der Waals surface area contributed by atoms with Crippen molar-refractivity contribution in [1.82, 2.24) is 9.97 Å². The van der Waals surface area contributed by atoms with Crippen LogP contribution in [0.4, 0.5) is 11.8 Å². The van der Waals surface area contributed by atoms with Gasteiger partial charge in [-0.25, -0.2) is 10.8 Å². The van der Waals surface area contributed by atoms with Crippen LogP contribution >= 0.6 is 27.3 Å². The summed E-state index contributed by atoms with van der Waals surface area (Å²) in [4.78, 5) is 10.8. The van der Waals surface area contributed by atoms with Crippen LogP contribution in [0.5, 0.6) is 0 Å². The molecule has 0 unspecified atom stereocenters. The Morgan fingerprint density at radius 1 is 1.47 bits per heavy atom. The first-order valence-corrected chi connectivity index (χ1v) is 6.58. The first-order valence-electron chi connectivity index (χ1n) is 4.97. The Morgan fingerprint density at radius 3 is 2.94 bits per heavy atom. The lowest BCUT2D eigenvalue weighted by molar-refractivity contribution is 1.07. The number of nitrogens with zero attached hydrogens (tertiary/aromatic N) is 2. The minimum atomic E-state index is 0.387. The predicted octanol–water partition coefficient (Wildman–Crippen LogP) is 2.51. The standard InChI is InChI=1S/C10H12BrN5S/c1-6-2-3-7(17-6)4-13-9-8(11)5-14-10(15-9)16-12/h2-3,5H,4,12H2,1H3,(H2,13,14,15,16). The van der Waals surface area contributed by atoms with E-state index in [2.05, 4.69) is 55.7 Å². The van der Waals surface area contributed by atoms with Gasteiger partial charge in [0.25, 0.3) is 0 Å². The van der Waals surface area contributed by atoms with Gasteiger partial charge in [-0.15, -0.1) is 11.3 Å². The number of nitrogens with two attached hydrogens (primary N) is 1. The molecule has 2 aromatic rings. The van der Waals surface area contributed by atoms with E-state index in [-0.39, 0.29) is 0 Å². The van der Waals surface area contributed by atoms with Gasteiger partial charge < -0.3 is 5.32 Å². The molecule has 0 amide bonds. The highest BCUT2D eigenvalue weighted by molar-refractivity contribution is 9.10. The molecule has 0 aliphatic heterocycles. The smallest absolute Gasteiger partial charge is 0.239 e. The van der Waals surface area contributed by atoms with Gasteiger partial charge in [0.1, 0.15) is 5.82 Å². The number of aryl methyl sites for hydroxylation is 1. The Labute approximate surface area is 112 Å². The molecule has 5 nitrogen and oxygen atoms in total. The van der Waals surface area contributed by atoms with Crippen LogP contribution in [0.25, 0.3) is 0 Å². The van der Waals surface area contributed by atoms with E-state index >= 15 is 0 Å². The molecule has 0 saturated carbocycles. The van der Waals surface area contributed by atoms with Crippen LogP contribution < -0.4 is 16.6 Å². The van der Waals surface area contributed by atoms with Gasteiger partial charge in [-0.05, 0) is 35.0 Å². The Bertz CT molecular complexity index is 513. The SMILES string of the molecule is Cc1ccc(CNc2nc(NN)ncc2Br)s1. The van der Waals surface area contributed by atoms with Gasteiger partial charge in [0.2, 0.25) is 5.95 Å². The summed E-state index contributed by atoms with van der Waals surface area (Å²) in [7, 11) is 0. The number of halogens is 1. The quantitative estimate of drug-likeness (QED) is 0.597. The zero-order valence-electron chi connectivity index (χ0n) is 9.20. The van der Waals surface area contributed by atoms with Gasteiger partial charge in [0, 0.05) is 16.0 Å². The van der Waals surface area contributed by atoms with Crippen LogP contribution in [0.3, 0.4) is 0 Å². The molecule has 0 spiro atoms. The summed E-state index contributed by atoms with van der Waals surface area (Å²) in [6.07, 6.45) is 1.66. The van der Waals surface area contributed by atoms with Crippen molar-refractivity contribution >= 4 is 39.0 Å². The molecule has 90 valence electrons. The lowest BCUT2D eigenvalue weighted by atomic mass is 10.4. The molecule has 2 aromatic heterocycles. The Hall–Kier alpha value is -1.18. The van der Waals surface area contributed by atoms with Crippen LogP contribution in [0, 0.1) is 6.92 Å². The topological polar surface area (TPSA) is 75.9 Å². The molecule has 0 bridgehead atoms. The van der Waals surface area contributed by atoms with Crippen molar-refractivity contribution in [1.29, 1.82) is 0 Å². The van der Waals surface area contributed by atoms with Crippen LogP contribution in [-0.4, -0.2) is 9.97 Å².